The second-order valence-corrected chi connectivity index (χ2v) is 3.78. The van der Waals surface area contributed by atoms with E-state index in [4.69, 9.17) is 5.41 Å². The summed E-state index contributed by atoms with van der Waals surface area (Å²) in [6.07, 6.45) is 4.08. The maximum Gasteiger partial charge on any atom is 0.123 e. The van der Waals surface area contributed by atoms with Crippen molar-refractivity contribution in [3.05, 3.63) is 12.7 Å². The molecule has 74 valence electrons. The molecule has 3 nitrogen and oxygen atoms in total. The molecule has 1 aliphatic rings. The predicted molar refractivity (Wildman–Crippen MR) is 53.9 cm³/mol. The zero-order chi connectivity index (χ0) is 9.84. The van der Waals surface area contributed by atoms with Crippen molar-refractivity contribution >= 4 is 5.84 Å². The fraction of sp³-hybridized carbons (Fsp3) is 0.700. The van der Waals surface area contributed by atoms with Crippen molar-refractivity contribution in [3.8, 4) is 0 Å². The van der Waals surface area contributed by atoms with Gasteiger partial charge in [0.1, 0.15) is 11.9 Å². The molecule has 0 bridgehead atoms. The SMILES string of the molecule is C=CCC1CCC(C)C(O)C(=N)N1. The van der Waals surface area contributed by atoms with Crippen molar-refractivity contribution in [1.29, 1.82) is 5.41 Å². The van der Waals surface area contributed by atoms with Crippen LogP contribution in [0.4, 0.5) is 0 Å². The molecule has 1 saturated heterocycles. The fourth-order valence-corrected chi connectivity index (χ4v) is 1.66. The molecule has 0 aromatic carbocycles. The molecule has 13 heavy (non-hydrogen) atoms. The fourth-order valence-electron chi connectivity index (χ4n) is 1.66. The smallest absolute Gasteiger partial charge is 0.123 e. The molecule has 3 heteroatoms. The second-order valence-electron chi connectivity index (χ2n) is 3.78. The molecule has 1 aliphatic heterocycles. The van der Waals surface area contributed by atoms with Crippen LogP contribution in [0.2, 0.25) is 0 Å². The van der Waals surface area contributed by atoms with E-state index in [0.717, 1.165) is 19.3 Å². The van der Waals surface area contributed by atoms with Crippen LogP contribution in [0.3, 0.4) is 0 Å². The van der Waals surface area contributed by atoms with Gasteiger partial charge < -0.3 is 10.4 Å². The van der Waals surface area contributed by atoms with E-state index in [1.165, 1.54) is 0 Å². The maximum absolute atomic E-state index is 9.60. The molecular formula is C10H18N2O. The van der Waals surface area contributed by atoms with Gasteiger partial charge in [-0.05, 0) is 25.2 Å². The van der Waals surface area contributed by atoms with Gasteiger partial charge in [0.2, 0.25) is 0 Å². The van der Waals surface area contributed by atoms with Crippen molar-refractivity contribution in [3.63, 3.8) is 0 Å². The van der Waals surface area contributed by atoms with E-state index >= 15 is 0 Å². The van der Waals surface area contributed by atoms with Gasteiger partial charge in [0.15, 0.2) is 0 Å². The summed E-state index contributed by atoms with van der Waals surface area (Å²) in [6.45, 7) is 5.66. The van der Waals surface area contributed by atoms with E-state index in [1.54, 1.807) is 0 Å². The molecule has 0 saturated carbocycles. The van der Waals surface area contributed by atoms with Crippen LogP contribution in [-0.4, -0.2) is 23.1 Å². The van der Waals surface area contributed by atoms with E-state index in [-0.39, 0.29) is 17.8 Å². The summed E-state index contributed by atoms with van der Waals surface area (Å²) in [5, 5.41) is 20.2. The lowest BCUT2D eigenvalue weighted by molar-refractivity contribution is 0.174. The molecule has 3 atom stereocenters. The Balaban J connectivity index is 2.58. The first kappa shape index (κ1) is 10.3. The lowest BCUT2D eigenvalue weighted by Crippen LogP contribution is -2.39. The Morgan fingerprint density at radius 3 is 3.00 bits per heavy atom. The Morgan fingerprint density at radius 2 is 2.38 bits per heavy atom. The first-order valence-electron chi connectivity index (χ1n) is 4.79. The minimum atomic E-state index is -0.616. The molecule has 0 aromatic heterocycles. The number of nitrogens with one attached hydrogen (secondary N) is 2. The summed E-state index contributed by atoms with van der Waals surface area (Å²) in [5.41, 5.74) is 0. The molecule has 3 N–H and O–H groups in total. The van der Waals surface area contributed by atoms with Crippen molar-refractivity contribution in [2.24, 2.45) is 5.92 Å². The van der Waals surface area contributed by atoms with E-state index in [1.807, 2.05) is 13.0 Å². The largest absolute Gasteiger partial charge is 0.385 e. The Morgan fingerprint density at radius 1 is 1.69 bits per heavy atom. The molecule has 1 fully saturated rings. The third-order valence-electron chi connectivity index (χ3n) is 2.62. The highest BCUT2D eigenvalue weighted by Gasteiger charge is 2.25. The number of aliphatic hydroxyl groups is 1. The molecular weight excluding hydrogens is 164 g/mol. The van der Waals surface area contributed by atoms with Crippen molar-refractivity contribution in [1.82, 2.24) is 5.32 Å². The van der Waals surface area contributed by atoms with Gasteiger partial charge in [-0.2, -0.15) is 0 Å². The second kappa shape index (κ2) is 4.42. The van der Waals surface area contributed by atoms with Crippen LogP contribution in [-0.2, 0) is 0 Å². The van der Waals surface area contributed by atoms with Gasteiger partial charge in [0, 0.05) is 6.04 Å². The quantitative estimate of drug-likeness (QED) is 0.564. The summed E-state index contributed by atoms with van der Waals surface area (Å²) < 4.78 is 0. The van der Waals surface area contributed by atoms with Crippen LogP contribution >= 0.6 is 0 Å². The number of amidine groups is 1. The van der Waals surface area contributed by atoms with Crippen molar-refractivity contribution in [2.75, 3.05) is 0 Å². The normalized spacial score (nSPS) is 34.9. The molecule has 0 spiro atoms. The summed E-state index contributed by atoms with van der Waals surface area (Å²) in [5.74, 6) is 0.451. The molecule has 1 heterocycles. The first-order chi connectivity index (χ1) is 6.15. The standard InChI is InChI=1S/C10H18N2O/c1-3-4-8-6-5-7(2)9(13)10(11)12-8/h3,7-9,13H,1,4-6H2,2H3,(H2,11,12). The maximum atomic E-state index is 9.60. The van der Waals surface area contributed by atoms with Crippen LogP contribution in [0.1, 0.15) is 26.2 Å². The third-order valence-corrected chi connectivity index (χ3v) is 2.62. The van der Waals surface area contributed by atoms with Crippen molar-refractivity contribution < 1.29 is 5.11 Å². The minimum absolute atomic E-state index is 0.190. The van der Waals surface area contributed by atoms with Gasteiger partial charge in [-0.1, -0.05) is 13.0 Å². The van der Waals surface area contributed by atoms with Gasteiger partial charge in [-0.25, -0.2) is 0 Å². The van der Waals surface area contributed by atoms with E-state index in [9.17, 15) is 5.11 Å². The lowest BCUT2D eigenvalue weighted by atomic mass is 9.98. The van der Waals surface area contributed by atoms with Gasteiger partial charge in [0.05, 0.1) is 0 Å². The van der Waals surface area contributed by atoms with Crippen LogP contribution in [0.15, 0.2) is 12.7 Å². The molecule has 1 rings (SSSR count). The van der Waals surface area contributed by atoms with E-state index < -0.39 is 6.10 Å². The average molecular weight is 182 g/mol. The zero-order valence-corrected chi connectivity index (χ0v) is 8.09. The highest BCUT2D eigenvalue weighted by molar-refractivity contribution is 5.84. The third kappa shape index (κ3) is 2.56. The number of aliphatic hydroxyl groups excluding tert-OH is 1. The van der Waals surface area contributed by atoms with Crippen LogP contribution < -0.4 is 5.32 Å². The van der Waals surface area contributed by atoms with Gasteiger partial charge in [-0.3, -0.25) is 5.41 Å². The van der Waals surface area contributed by atoms with Gasteiger partial charge >= 0.3 is 0 Å². The summed E-state index contributed by atoms with van der Waals surface area (Å²) >= 11 is 0. The van der Waals surface area contributed by atoms with Crippen LogP contribution in [0.25, 0.3) is 0 Å². The monoisotopic (exact) mass is 182 g/mol. The molecule has 0 radical (unpaired) electrons. The Bertz CT molecular complexity index is 203. The Hall–Kier alpha value is -0.830. The molecule has 0 aliphatic carbocycles. The summed E-state index contributed by atoms with van der Waals surface area (Å²) in [6, 6.07) is 0.282. The highest BCUT2D eigenvalue weighted by atomic mass is 16.3. The van der Waals surface area contributed by atoms with E-state index in [2.05, 4.69) is 11.9 Å². The predicted octanol–water partition coefficient (Wildman–Crippen LogP) is 1.29. The molecule has 0 aromatic rings. The first-order valence-corrected chi connectivity index (χ1v) is 4.79. The minimum Gasteiger partial charge on any atom is -0.385 e. The summed E-state index contributed by atoms with van der Waals surface area (Å²) in [4.78, 5) is 0. The lowest BCUT2D eigenvalue weighted by Gasteiger charge is -2.16. The molecule has 3 unspecified atom stereocenters. The number of hydrogen-bond donors (Lipinski definition) is 3. The zero-order valence-electron chi connectivity index (χ0n) is 8.09. The topological polar surface area (TPSA) is 56.1 Å². The van der Waals surface area contributed by atoms with Crippen molar-refractivity contribution in [2.45, 2.75) is 38.3 Å². The molecule has 0 amide bonds. The number of hydrogen-bond acceptors (Lipinski definition) is 2. The number of rotatable bonds is 2. The average Bonchev–Trinajstić information content (AvgIpc) is 2.21. The van der Waals surface area contributed by atoms with Crippen LogP contribution in [0, 0.1) is 11.3 Å². The van der Waals surface area contributed by atoms with Gasteiger partial charge in [0.25, 0.3) is 0 Å². The Kier molecular flexibility index (Phi) is 3.48. The van der Waals surface area contributed by atoms with Crippen LogP contribution in [0.5, 0.6) is 0 Å². The summed E-state index contributed by atoms with van der Waals surface area (Å²) in [7, 11) is 0. The highest BCUT2D eigenvalue weighted by Crippen LogP contribution is 2.18. The Labute approximate surface area is 79.4 Å². The van der Waals surface area contributed by atoms with Gasteiger partial charge in [-0.15, -0.1) is 6.58 Å². The van der Waals surface area contributed by atoms with E-state index in [0.29, 0.717) is 0 Å².